The van der Waals surface area contributed by atoms with E-state index in [0.29, 0.717) is 28.6 Å². The lowest BCUT2D eigenvalue weighted by Crippen LogP contribution is -2.15. The number of nitrogens with one attached hydrogen (secondary N) is 1. The van der Waals surface area contributed by atoms with E-state index in [-0.39, 0.29) is 10.8 Å². The summed E-state index contributed by atoms with van der Waals surface area (Å²) in [6, 6.07) is 10.9. The number of hydrogen-bond acceptors (Lipinski definition) is 4. The number of anilines is 1. The number of ether oxygens (including phenoxy) is 1. The standard InChI is InChI=1S/C18H20ClNO4S/c1-4-24-17-15(19)6-5-7-16(17)20-18(21)13-8-10-14(11-9-13)25(22,23)12(2)3/h5-12H,4H2,1-3H3,(H,20,21). The highest BCUT2D eigenvalue weighted by Gasteiger charge is 2.19. The number of rotatable bonds is 6. The zero-order chi connectivity index (χ0) is 18.6. The summed E-state index contributed by atoms with van der Waals surface area (Å²) in [7, 11) is -3.37. The Morgan fingerprint density at radius 2 is 1.80 bits per heavy atom. The van der Waals surface area contributed by atoms with E-state index in [2.05, 4.69) is 5.32 Å². The lowest BCUT2D eigenvalue weighted by atomic mass is 10.2. The first kappa shape index (κ1) is 19.3. The Kier molecular flexibility index (Phi) is 6.08. The molecule has 0 spiro atoms. The number of halogens is 1. The molecule has 0 aliphatic rings. The number of sulfone groups is 1. The van der Waals surface area contributed by atoms with E-state index in [4.69, 9.17) is 16.3 Å². The summed E-state index contributed by atoms with van der Waals surface area (Å²) in [5, 5.41) is 2.62. The summed E-state index contributed by atoms with van der Waals surface area (Å²) in [6.07, 6.45) is 0. The zero-order valence-corrected chi connectivity index (χ0v) is 15.8. The Balaban J connectivity index is 2.24. The quantitative estimate of drug-likeness (QED) is 0.814. The minimum Gasteiger partial charge on any atom is -0.490 e. The van der Waals surface area contributed by atoms with Gasteiger partial charge in [-0.1, -0.05) is 17.7 Å². The Morgan fingerprint density at radius 3 is 2.36 bits per heavy atom. The molecule has 134 valence electrons. The number of hydrogen-bond donors (Lipinski definition) is 1. The van der Waals surface area contributed by atoms with Crippen molar-refractivity contribution in [3.05, 3.63) is 53.1 Å². The molecule has 0 heterocycles. The average Bonchev–Trinajstić information content (AvgIpc) is 2.58. The van der Waals surface area contributed by atoms with E-state index >= 15 is 0 Å². The van der Waals surface area contributed by atoms with Crippen LogP contribution in [0, 0.1) is 0 Å². The van der Waals surface area contributed by atoms with Gasteiger partial charge in [-0.3, -0.25) is 4.79 Å². The highest BCUT2D eigenvalue weighted by atomic mass is 35.5. The number of carbonyl (C=O) groups excluding carboxylic acids is 1. The molecule has 0 fully saturated rings. The summed E-state index contributed by atoms with van der Waals surface area (Å²) < 4.78 is 29.7. The second kappa shape index (κ2) is 7.89. The molecule has 0 radical (unpaired) electrons. The fourth-order valence-corrected chi connectivity index (χ4v) is 3.45. The molecule has 0 aliphatic heterocycles. The molecule has 0 unspecified atom stereocenters. The largest absolute Gasteiger partial charge is 0.490 e. The SMILES string of the molecule is CCOc1c(Cl)cccc1NC(=O)c1ccc(S(=O)(=O)C(C)C)cc1. The van der Waals surface area contributed by atoms with Gasteiger partial charge >= 0.3 is 0 Å². The van der Waals surface area contributed by atoms with Crippen molar-refractivity contribution >= 4 is 33.0 Å². The maximum Gasteiger partial charge on any atom is 0.255 e. The minimum absolute atomic E-state index is 0.191. The van der Waals surface area contributed by atoms with Crippen molar-refractivity contribution in [1.29, 1.82) is 0 Å². The van der Waals surface area contributed by atoms with E-state index < -0.39 is 15.1 Å². The molecule has 0 saturated carbocycles. The van der Waals surface area contributed by atoms with E-state index in [9.17, 15) is 13.2 Å². The lowest BCUT2D eigenvalue weighted by Gasteiger charge is -2.13. The Labute approximate surface area is 152 Å². The van der Waals surface area contributed by atoms with Gasteiger partial charge in [0.25, 0.3) is 5.91 Å². The van der Waals surface area contributed by atoms with Crippen molar-refractivity contribution in [2.45, 2.75) is 30.9 Å². The fourth-order valence-electron chi connectivity index (χ4n) is 2.16. The Bertz CT molecular complexity index is 861. The van der Waals surface area contributed by atoms with Gasteiger partial charge in [0.2, 0.25) is 0 Å². The lowest BCUT2D eigenvalue weighted by molar-refractivity contribution is 0.102. The molecule has 5 nitrogen and oxygen atoms in total. The van der Waals surface area contributed by atoms with Crippen molar-refractivity contribution in [3.63, 3.8) is 0 Å². The van der Waals surface area contributed by atoms with Crippen LogP contribution in [-0.4, -0.2) is 26.2 Å². The molecule has 7 heteroatoms. The van der Waals surface area contributed by atoms with Gasteiger partial charge in [-0.05, 0) is 57.2 Å². The summed E-state index contributed by atoms with van der Waals surface area (Å²) in [5.41, 5.74) is 0.795. The van der Waals surface area contributed by atoms with Crippen LogP contribution in [0.25, 0.3) is 0 Å². The first-order chi connectivity index (χ1) is 11.8. The molecular weight excluding hydrogens is 362 g/mol. The van der Waals surface area contributed by atoms with Crippen molar-refractivity contribution in [3.8, 4) is 5.75 Å². The van der Waals surface area contributed by atoms with Crippen LogP contribution in [0.15, 0.2) is 47.4 Å². The third kappa shape index (κ3) is 4.32. The second-order valence-corrected chi connectivity index (χ2v) is 8.53. The van der Waals surface area contributed by atoms with Crippen molar-refractivity contribution < 1.29 is 17.9 Å². The zero-order valence-electron chi connectivity index (χ0n) is 14.2. The van der Waals surface area contributed by atoms with Crippen molar-refractivity contribution in [1.82, 2.24) is 0 Å². The molecule has 2 aromatic carbocycles. The normalized spacial score (nSPS) is 11.4. The predicted molar refractivity (Wildman–Crippen MR) is 99.3 cm³/mol. The van der Waals surface area contributed by atoms with Gasteiger partial charge in [-0.15, -0.1) is 0 Å². The molecule has 0 aromatic heterocycles. The highest BCUT2D eigenvalue weighted by Crippen LogP contribution is 2.33. The van der Waals surface area contributed by atoms with Crippen LogP contribution in [0.2, 0.25) is 5.02 Å². The van der Waals surface area contributed by atoms with Gasteiger partial charge in [-0.2, -0.15) is 0 Å². The van der Waals surface area contributed by atoms with Gasteiger partial charge in [-0.25, -0.2) is 8.42 Å². The molecule has 0 atom stereocenters. The maximum atomic E-state index is 12.4. The van der Waals surface area contributed by atoms with Crippen LogP contribution in [0.3, 0.4) is 0 Å². The second-order valence-electron chi connectivity index (χ2n) is 5.62. The van der Waals surface area contributed by atoms with Crippen molar-refractivity contribution in [2.75, 3.05) is 11.9 Å². The van der Waals surface area contributed by atoms with Crippen LogP contribution < -0.4 is 10.1 Å². The molecule has 0 saturated heterocycles. The van der Waals surface area contributed by atoms with E-state index in [1.165, 1.54) is 24.3 Å². The van der Waals surface area contributed by atoms with E-state index in [0.717, 1.165) is 0 Å². The van der Waals surface area contributed by atoms with Crippen LogP contribution in [0.1, 0.15) is 31.1 Å². The Morgan fingerprint density at radius 1 is 1.16 bits per heavy atom. The third-order valence-corrected chi connectivity index (χ3v) is 6.04. The van der Waals surface area contributed by atoms with E-state index in [1.807, 2.05) is 6.92 Å². The smallest absolute Gasteiger partial charge is 0.255 e. The predicted octanol–water partition coefficient (Wildman–Crippen LogP) is 4.17. The minimum atomic E-state index is -3.37. The van der Waals surface area contributed by atoms with Gasteiger partial charge < -0.3 is 10.1 Å². The first-order valence-corrected chi connectivity index (χ1v) is 9.76. The van der Waals surface area contributed by atoms with Crippen molar-refractivity contribution in [2.24, 2.45) is 0 Å². The summed E-state index contributed by atoms with van der Waals surface area (Å²) in [5.74, 6) is 0.0238. The highest BCUT2D eigenvalue weighted by molar-refractivity contribution is 7.92. The topological polar surface area (TPSA) is 72.5 Å². The molecule has 2 aromatic rings. The maximum absolute atomic E-state index is 12.4. The van der Waals surface area contributed by atoms with Gasteiger partial charge in [0.1, 0.15) is 0 Å². The number of para-hydroxylation sites is 1. The first-order valence-electron chi connectivity index (χ1n) is 7.84. The van der Waals surface area contributed by atoms with Crippen LogP contribution in [-0.2, 0) is 9.84 Å². The van der Waals surface area contributed by atoms with Crippen LogP contribution in [0.5, 0.6) is 5.75 Å². The number of amides is 1. The fraction of sp³-hybridized carbons (Fsp3) is 0.278. The van der Waals surface area contributed by atoms with Gasteiger partial charge in [0.05, 0.1) is 27.5 Å². The molecular formula is C18H20ClNO4S. The number of benzene rings is 2. The van der Waals surface area contributed by atoms with Gasteiger partial charge in [0, 0.05) is 5.56 Å². The summed E-state index contributed by atoms with van der Waals surface area (Å²) >= 11 is 6.10. The molecule has 1 amide bonds. The molecule has 1 N–H and O–H groups in total. The number of carbonyl (C=O) groups is 1. The van der Waals surface area contributed by atoms with Gasteiger partial charge in [0.15, 0.2) is 15.6 Å². The summed E-state index contributed by atoms with van der Waals surface area (Å²) in [4.78, 5) is 12.6. The molecule has 0 aliphatic carbocycles. The average molecular weight is 382 g/mol. The van der Waals surface area contributed by atoms with Crippen LogP contribution >= 0.6 is 11.6 Å². The third-order valence-electron chi connectivity index (χ3n) is 3.57. The summed E-state index contributed by atoms with van der Waals surface area (Å²) in [6.45, 7) is 5.46. The Hall–Kier alpha value is -2.05. The van der Waals surface area contributed by atoms with Crippen LogP contribution in [0.4, 0.5) is 5.69 Å². The molecule has 2 rings (SSSR count). The van der Waals surface area contributed by atoms with E-state index in [1.54, 1.807) is 32.0 Å². The monoisotopic (exact) mass is 381 g/mol. The molecule has 25 heavy (non-hydrogen) atoms. The molecule has 0 bridgehead atoms.